The van der Waals surface area contributed by atoms with Crippen molar-refractivity contribution in [3.8, 4) is 0 Å². The Hall–Kier alpha value is -2.11. The van der Waals surface area contributed by atoms with Gasteiger partial charge in [-0.3, -0.25) is 14.4 Å². The van der Waals surface area contributed by atoms with E-state index in [1.807, 2.05) is 0 Å². The molecule has 2 N–H and O–H groups in total. The molecule has 0 saturated carbocycles. The van der Waals surface area contributed by atoms with Crippen molar-refractivity contribution in [3.05, 3.63) is 34.2 Å². The van der Waals surface area contributed by atoms with Gasteiger partial charge in [0.05, 0.1) is 5.92 Å². The van der Waals surface area contributed by atoms with Crippen LogP contribution in [0.3, 0.4) is 0 Å². The van der Waals surface area contributed by atoms with E-state index in [1.54, 1.807) is 0 Å². The molecule has 1 aliphatic heterocycles. The molecule has 0 aliphatic carbocycles. The van der Waals surface area contributed by atoms with Gasteiger partial charge in [-0.05, 0) is 18.9 Å². The van der Waals surface area contributed by atoms with Gasteiger partial charge in [-0.15, -0.1) is 0 Å². The fourth-order valence-corrected chi connectivity index (χ4v) is 2.12. The number of pyridine rings is 1. The van der Waals surface area contributed by atoms with Gasteiger partial charge >= 0.3 is 5.97 Å². The molecular formula is C12H14N2O4. The van der Waals surface area contributed by atoms with E-state index in [0.29, 0.717) is 24.9 Å². The van der Waals surface area contributed by atoms with Gasteiger partial charge in [-0.2, -0.15) is 0 Å². The maximum absolute atomic E-state index is 12.1. The molecule has 0 spiro atoms. The zero-order chi connectivity index (χ0) is 13.1. The van der Waals surface area contributed by atoms with Gasteiger partial charge in [0.2, 0.25) is 5.56 Å². The molecule has 0 radical (unpaired) electrons. The number of piperidine rings is 1. The number of hydrogen-bond acceptors (Lipinski definition) is 3. The summed E-state index contributed by atoms with van der Waals surface area (Å²) in [5.74, 6) is -1.67. The SMILES string of the molecule is O=C(O)[C@H]1CCCN(C(=O)c2cc[nH]c(=O)c2)C1. The summed E-state index contributed by atoms with van der Waals surface area (Å²) in [6.45, 7) is 0.746. The third-order valence-electron chi connectivity index (χ3n) is 3.08. The Bertz CT molecular complexity index is 523. The number of hydrogen-bond donors (Lipinski definition) is 2. The van der Waals surface area contributed by atoms with E-state index >= 15 is 0 Å². The second kappa shape index (κ2) is 5.03. The lowest BCUT2D eigenvalue weighted by Gasteiger charge is -2.30. The van der Waals surface area contributed by atoms with Crippen LogP contribution in [0.5, 0.6) is 0 Å². The molecule has 1 saturated heterocycles. The maximum Gasteiger partial charge on any atom is 0.308 e. The fourth-order valence-electron chi connectivity index (χ4n) is 2.12. The fraction of sp³-hybridized carbons (Fsp3) is 0.417. The molecule has 2 rings (SSSR count). The highest BCUT2D eigenvalue weighted by molar-refractivity contribution is 5.94. The van der Waals surface area contributed by atoms with E-state index < -0.39 is 11.9 Å². The molecule has 0 unspecified atom stereocenters. The first kappa shape index (κ1) is 12.3. The minimum Gasteiger partial charge on any atom is -0.481 e. The zero-order valence-electron chi connectivity index (χ0n) is 9.76. The highest BCUT2D eigenvalue weighted by Gasteiger charge is 2.28. The van der Waals surface area contributed by atoms with Gasteiger partial charge in [0, 0.05) is 30.9 Å². The molecular weight excluding hydrogens is 236 g/mol. The van der Waals surface area contributed by atoms with Crippen LogP contribution in [0.1, 0.15) is 23.2 Å². The van der Waals surface area contributed by atoms with E-state index in [0.717, 1.165) is 0 Å². The highest BCUT2D eigenvalue weighted by Crippen LogP contribution is 2.18. The Kier molecular flexibility index (Phi) is 3.45. The van der Waals surface area contributed by atoms with Crippen LogP contribution >= 0.6 is 0 Å². The maximum atomic E-state index is 12.1. The number of nitrogens with zero attached hydrogens (tertiary/aromatic N) is 1. The van der Waals surface area contributed by atoms with Crippen molar-refractivity contribution in [2.45, 2.75) is 12.8 Å². The molecule has 18 heavy (non-hydrogen) atoms. The standard InChI is InChI=1S/C12H14N2O4/c15-10-6-8(3-4-13-10)11(16)14-5-1-2-9(7-14)12(17)18/h3-4,6,9H,1-2,5,7H2,(H,13,15)(H,17,18)/t9-/m0/s1. The number of aromatic nitrogens is 1. The normalized spacial score (nSPS) is 19.6. The smallest absolute Gasteiger partial charge is 0.308 e. The van der Waals surface area contributed by atoms with Gasteiger partial charge in [-0.1, -0.05) is 0 Å². The minimum absolute atomic E-state index is 0.209. The van der Waals surface area contributed by atoms with E-state index in [2.05, 4.69) is 4.98 Å². The molecule has 6 nitrogen and oxygen atoms in total. The van der Waals surface area contributed by atoms with Crippen LogP contribution in [0.4, 0.5) is 0 Å². The summed E-state index contributed by atoms with van der Waals surface area (Å²) in [6.07, 6.45) is 2.68. The average molecular weight is 250 g/mol. The van der Waals surface area contributed by atoms with E-state index in [-0.39, 0.29) is 18.0 Å². The van der Waals surface area contributed by atoms with Gasteiger partial charge in [0.25, 0.3) is 5.91 Å². The van der Waals surface area contributed by atoms with Crippen LogP contribution in [0, 0.1) is 5.92 Å². The predicted molar refractivity (Wildman–Crippen MR) is 63.3 cm³/mol. The van der Waals surface area contributed by atoms with Crippen LogP contribution in [0.2, 0.25) is 0 Å². The van der Waals surface area contributed by atoms with Crippen LogP contribution in [-0.4, -0.2) is 40.0 Å². The number of carboxylic acids is 1. The molecule has 1 aromatic rings. The summed E-state index contributed by atoms with van der Waals surface area (Å²) in [5, 5.41) is 8.96. The zero-order valence-corrected chi connectivity index (χ0v) is 9.76. The molecule has 1 amide bonds. The summed E-state index contributed by atoms with van der Waals surface area (Å²) < 4.78 is 0. The number of amides is 1. The van der Waals surface area contributed by atoms with Crippen molar-refractivity contribution in [2.24, 2.45) is 5.92 Å². The van der Waals surface area contributed by atoms with Crippen LogP contribution in [0.15, 0.2) is 23.1 Å². The summed E-state index contributed by atoms with van der Waals surface area (Å²) in [5.41, 5.74) is -0.0440. The minimum atomic E-state index is -0.876. The number of nitrogens with one attached hydrogen (secondary N) is 1. The molecule has 1 aromatic heterocycles. The van der Waals surface area contributed by atoms with Gasteiger partial charge in [-0.25, -0.2) is 0 Å². The van der Waals surface area contributed by atoms with Crippen molar-refractivity contribution in [2.75, 3.05) is 13.1 Å². The van der Waals surface area contributed by atoms with Crippen molar-refractivity contribution in [1.82, 2.24) is 9.88 Å². The van der Waals surface area contributed by atoms with Crippen LogP contribution in [0.25, 0.3) is 0 Å². The Balaban J connectivity index is 2.14. The van der Waals surface area contributed by atoms with Crippen LogP contribution < -0.4 is 5.56 Å². The Labute approximate surface area is 103 Å². The monoisotopic (exact) mass is 250 g/mol. The number of carbonyl (C=O) groups is 2. The summed E-state index contributed by atoms with van der Waals surface area (Å²) in [7, 11) is 0. The lowest BCUT2D eigenvalue weighted by Crippen LogP contribution is -2.42. The van der Waals surface area contributed by atoms with Crippen molar-refractivity contribution in [1.29, 1.82) is 0 Å². The van der Waals surface area contributed by atoms with Gasteiger partial charge in [0.1, 0.15) is 0 Å². The summed E-state index contributed by atoms with van der Waals surface area (Å²) >= 11 is 0. The average Bonchev–Trinajstić information content (AvgIpc) is 2.38. The van der Waals surface area contributed by atoms with E-state index in [9.17, 15) is 14.4 Å². The third-order valence-corrected chi connectivity index (χ3v) is 3.08. The van der Waals surface area contributed by atoms with Gasteiger partial charge < -0.3 is 15.0 Å². The Morgan fingerprint density at radius 3 is 2.89 bits per heavy atom. The molecule has 0 bridgehead atoms. The first-order valence-electron chi connectivity index (χ1n) is 5.79. The molecule has 2 heterocycles. The van der Waals surface area contributed by atoms with Crippen LogP contribution in [-0.2, 0) is 4.79 Å². The quantitative estimate of drug-likeness (QED) is 0.790. The lowest BCUT2D eigenvalue weighted by molar-refractivity contribution is -0.143. The number of H-pyrrole nitrogens is 1. The lowest BCUT2D eigenvalue weighted by atomic mass is 9.98. The first-order valence-corrected chi connectivity index (χ1v) is 5.79. The molecule has 0 aromatic carbocycles. The molecule has 6 heteroatoms. The van der Waals surface area contributed by atoms with E-state index in [1.165, 1.54) is 23.2 Å². The highest BCUT2D eigenvalue weighted by atomic mass is 16.4. The topological polar surface area (TPSA) is 90.5 Å². The van der Waals surface area contributed by atoms with Crippen molar-refractivity contribution >= 4 is 11.9 Å². The molecule has 1 aliphatic rings. The second-order valence-corrected chi connectivity index (χ2v) is 4.37. The largest absolute Gasteiger partial charge is 0.481 e. The number of likely N-dealkylation sites (tertiary alicyclic amines) is 1. The van der Waals surface area contributed by atoms with Crippen molar-refractivity contribution in [3.63, 3.8) is 0 Å². The first-order chi connectivity index (χ1) is 8.58. The Morgan fingerprint density at radius 1 is 1.44 bits per heavy atom. The van der Waals surface area contributed by atoms with Gasteiger partial charge in [0.15, 0.2) is 0 Å². The van der Waals surface area contributed by atoms with Crippen molar-refractivity contribution < 1.29 is 14.7 Å². The molecule has 1 atom stereocenters. The molecule has 1 fully saturated rings. The van der Waals surface area contributed by atoms with E-state index in [4.69, 9.17) is 5.11 Å². The predicted octanol–water partition coefficient (Wildman–Crippen LogP) is 0.312. The number of carbonyl (C=O) groups excluding carboxylic acids is 1. The Morgan fingerprint density at radius 2 is 2.22 bits per heavy atom. The number of aromatic amines is 1. The number of rotatable bonds is 2. The second-order valence-electron chi connectivity index (χ2n) is 4.37. The summed E-state index contributed by atoms with van der Waals surface area (Å²) in [4.78, 5) is 38.1. The number of carboxylic acid groups (broad SMARTS) is 1. The molecule has 96 valence electrons. The third kappa shape index (κ3) is 2.58. The number of aliphatic carboxylic acids is 1. The summed E-state index contributed by atoms with van der Waals surface area (Å²) in [6, 6.07) is 2.75.